The van der Waals surface area contributed by atoms with Crippen LogP contribution in [0.25, 0.3) is 16.8 Å². The molecule has 1 amide bonds. The highest BCUT2D eigenvalue weighted by Crippen LogP contribution is 2.34. The van der Waals surface area contributed by atoms with Crippen LogP contribution in [0.2, 0.25) is 5.02 Å². The summed E-state index contributed by atoms with van der Waals surface area (Å²) in [6, 6.07) is 5.43. The van der Waals surface area contributed by atoms with Crippen LogP contribution in [0.3, 0.4) is 0 Å². The zero-order valence-corrected chi connectivity index (χ0v) is 12.7. The number of anilines is 1. The Bertz CT molecular complexity index is 910. The molecule has 1 aliphatic carbocycles. The van der Waals surface area contributed by atoms with Gasteiger partial charge in [-0.05, 0) is 24.6 Å². The Labute approximate surface area is 136 Å². The van der Waals surface area contributed by atoms with Gasteiger partial charge in [-0.15, -0.1) is 0 Å². The quantitative estimate of drug-likeness (QED) is 0.801. The molecule has 0 bridgehead atoms. The van der Waals surface area contributed by atoms with Crippen molar-refractivity contribution in [1.82, 2.24) is 14.4 Å². The first-order valence-electron chi connectivity index (χ1n) is 7.15. The van der Waals surface area contributed by atoms with Gasteiger partial charge in [0.05, 0.1) is 17.1 Å². The maximum atomic E-state index is 12.9. The largest absolute Gasteiger partial charge is 0.309 e. The fourth-order valence-electron chi connectivity index (χ4n) is 2.46. The zero-order valence-electron chi connectivity index (χ0n) is 11.9. The highest BCUT2D eigenvalue weighted by molar-refractivity contribution is 6.33. The molecule has 2 atom stereocenters. The number of rotatable bonds is 3. The third-order valence-electron chi connectivity index (χ3n) is 3.83. The summed E-state index contributed by atoms with van der Waals surface area (Å²) >= 11 is 6.18. The van der Waals surface area contributed by atoms with E-state index in [-0.39, 0.29) is 5.91 Å². The molecule has 0 spiro atoms. The van der Waals surface area contributed by atoms with E-state index in [1.54, 1.807) is 29.1 Å². The van der Waals surface area contributed by atoms with E-state index in [0.29, 0.717) is 22.9 Å². The summed E-state index contributed by atoms with van der Waals surface area (Å²) in [5, 5.41) is 3.25. The second-order valence-corrected chi connectivity index (χ2v) is 5.92. The average Bonchev–Trinajstić information content (AvgIpc) is 3.13. The number of pyridine rings is 2. The molecule has 4 rings (SSSR count). The van der Waals surface area contributed by atoms with Gasteiger partial charge >= 0.3 is 0 Å². The van der Waals surface area contributed by atoms with Gasteiger partial charge in [-0.1, -0.05) is 11.6 Å². The maximum absolute atomic E-state index is 12.9. The van der Waals surface area contributed by atoms with Gasteiger partial charge in [-0.25, -0.2) is 9.37 Å². The van der Waals surface area contributed by atoms with Gasteiger partial charge in [-0.2, -0.15) is 0 Å². The van der Waals surface area contributed by atoms with Crippen molar-refractivity contribution in [2.45, 2.75) is 12.6 Å². The summed E-state index contributed by atoms with van der Waals surface area (Å²) in [5.41, 5.74) is 2.38. The molecule has 5 nitrogen and oxygen atoms in total. The lowest BCUT2D eigenvalue weighted by Gasteiger charge is -2.04. The van der Waals surface area contributed by atoms with Gasteiger partial charge in [0.25, 0.3) is 0 Å². The molecule has 7 heteroatoms. The molecule has 1 fully saturated rings. The molecule has 3 aromatic rings. The Kier molecular flexibility index (Phi) is 3.27. The number of imidazole rings is 1. The fourth-order valence-corrected chi connectivity index (χ4v) is 2.67. The van der Waals surface area contributed by atoms with Gasteiger partial charge in [0.15, 0.2) is 5.82 Å². The van der Waals surface area contributed by atoms with Gasteiger partial charge in [-0.3, -0.25) is 9.78 Å². The average molecular weight is 331 g/mol. The van der Waals surface area contributed by atoms with Crippen molar-refractivity contribution in [1.29, 1.82) is 0 Å². The first-order chi connectivity index (χ1) is 11.1. The fraction of sp³-hybridized carbons (Fsp3) is 0.188. The number of alkyl halides is 1. The van der Waals surface area contributed by atoms with E-state index < -0.39 is 12.1 Å². The Morgan fingerprint density at radius 3 is 2.91 bits per heavy atom. The van der Waals surface area contributed by atoms with E-state index in [4.69, 9.17) is 11.6 Å². The lowest BCUT2D eigenvalue weighted by molar-refractivity contribution is -0.117. The van der Waals surface area contributed by atoms with Crippen LogP contribution < -0.4 is 5.32 Å². The van der Waals surface area contributed by atoms with Crippen molar-refractivity contribution in [3.05, 3.63) is 48.0 Å². The number of carbonyl (C=O) groups excluding carboxylic acids is 1. The first kappa shape index (κ1) is 14.1. The molecule has 1 saturated carbocycles. The van der Waals surface area contributed by atoms with Crippen LogP contribution in [-0.2, 0) is 4.79 Å². The molecule has 0 aliphatic heterocycles. The molecule has 3 heterocycles. The minimum Gasteiger partial charge on any atom is -0.309 e. The smallest absolute Gasteiger partial charge is 0.231 e. The third-order valence-corrected chi connectivity index (χ3v) is 4.16. The van der Waals surface area contributed by atoms with Crippen molar-refractivity contribution in [2.24, 2.45) is 5.92 Å². The Hall–Kier alpha value is -2.47. The number of amides is 1. The standard InChI is InChI=1S/C16H12ClFN4O/c17-12-3-4-19-6-11(12)9-1-2-15-20-14(8-22(15)7-9)21-16(23)10-5-13(10)18/h1-4,6-8,10,13H,5H2,(H,21,23). The van der Waals surface area contributed by atoms with Crippen molar-refractivity contribution < 1.29 is 9.18 Å². The van der Waals surface area contributed by atoms with Crippen LogP contribution in [-0.4, -0.2) is 26.4 Å². The molecule has 3 aromatic heterocycles. The van der Waals surface area contributed by atoms with Crippen LogP contribution in [0.15, 0.2) is 43.0 Å². The zero-order chi connectivity index (χ0) is 16.0. The molecule has 1 N–H and O–H groups in total. The number of nitrogens with zero attached hydrogens (tertiary/aromatic N) is 3. The highest BCUT2D eigenvalue weighted by Gasteiger charge is 2.43. The number of hydrogen-bond donors (Lipinski definition) is 1. The Balaban J connectivity index is 1.64. The minimum atomic E-state index is -1.02. The number of hydrogen-bond acceptors (Lipinski definition) is 3. The van der Waals surface area contributed by atoms with E-state index in [1.807, 2.05) is 18.3 Å². The van der Waals surface area contributed by atoms with Gasteiger partial charge in [0.2, 0.25) is 5.91 Å². The molecular weight excluding hydrogens is 319 g/mol. The van der Waals surface area contributed by atoms with Gasteiger partial charge in [0, 0.05) is 29.7 Å². The van der Waals surface area contributed by atoms with Crippen molar-refractivity contribution in [2.75, 3.05) is 5.32 Å². The van der Waals surface area contributed by atoms with Crippen LogP contribution in [0.1, 0.15) is 6.42 Å². The van der Waals surface area contributed by atoms with E-state index in [9.17, 15) is 9.18 Å². The molecule has 0 saturated heterocycles. The lowest BCUT2D eigenvalue weighted by atomic mass is 10.1. The van der Waals surface area contributed by atoms with E-state index in [1.165, 1.54) is 0 Å². The SMILES string of the molecule is O=C(Nc1cn2cc(-c3cnccc3Cl)ccc2n1)C1CC1F. The van der Waals surface area contributed by atoms with E-state index >= 15 is 0 Å². The monoisotopic (exact) mass is 330 g/mol. The summed E-state index contributed by atoms with van der Waals surface area (Å²) < 4.78 is 14.7. The minimum absolute atomic E-state index is 0.295. The topological polar surface area (TPSA) is 59.3 Å². The van der Waals surface area contributed by atoms with Crippen LogP contribution in [0, 0.1) is 5.92 Å². The molecule has 1 aliphatic rings. The maximum Gasteiger partial charge on any atom is 0.231 e. The van der Waals surface area contributed by atoms with Crippen LogP contribution in [0.4, 0.5) is 10.2 Å². The Morgan fingerprint density at radius 1 is 1.35 bits per heavy atom. The van der Waals surface area contributed by atoms with E-state index in [2.05, 4.69) is 15.3 Å². The molecule has 2 unspecified atom stereocenters. The van der Waals surface area contributed by atoms with E-state index in [0.717, 1.165) is 11.1 Å². The predicted octanol–water partition coefficient (Wildman–Crippen LogP) is 3.35. The van der Waals surface area contributed by atoms with Crippen LogP contribution >= 0.6 is 11.6 Å². The highest BCUT2D eigenvalue weighted by atomic mass is 35.5. The third kappa shape index (κ3) is 2.66. The summed E-state index contributed by atoms with van der Waals surface area (Å²) in [5.74, 6) is -0.454. The molecule has 23 heavy (non-hydrogen) atoms. The van der Waals surface area contributed by atoms with Crippen molar-refractivity contribution >= 4 is 29.0 Å². The number of aromatic nitrogens is 3. The summed E-state index contributed by atoms with van der Waals surface area (Å²) in [7, 11) is 0. The van der Waals surface area contributed by atoms with Gasteiger partial charge in [0.1, 0.15) is 11.8 Å². The summed E-state index contributed by atoms with van der Waals surface area (Å²) in [6.07, 6.45) is 6.14. The number of nitrogens with one attached hydrogen (secondary N) is 1. The number of halogens is 2. The van der Waals surface area contributed by atoms with Crippen molar-refractivity contribution in [3.8, 4) is 11.1 Å². The molecule has 0 radical (unpaired) electrons. The molecular formula is C16H12ClFN4O. The van der Waals surface area contributed by atoms with Crippen LogP contribution in [0.5, 0.6) is 0 Å². The predicted molar refractivity (Wildman–Crippen MR) is 85.1 cm³/mol. The molecule has 0 aromatic carbocycles. The first-order valence-corrected chi connectivity index (χ1v) is 7.53. The summed E-state index contributed by atoms with van der Waals surface area (Å²) in [6.45, 7) is 0. The second-order valence-electron chi connectivity index (χ2n) is 5.51. The van der Waals surface area contributed by atoms with Gasteiger partial charge < -0.3 is 9.72 Å². The molecule has 116 valence electrons. The lowest BCUT2D eigenvalue weighted by Crippen LogP contribution is -2.15. The Morgan fingerprint density at radius 2 is 2.17 bits per heavy atom. The normalized spacial score (nSPS) is 19.7. The van der Waals surface area contributed by atoms with Crippen molar-refractivity contribution in [3.63, 3.8) is 0 Å². The number of fused-ring (bicyclic) bond motifs is 1. The number of carbonyl (C=O) groups is 1. The summed E-state index contributed by atoms with van der Waals surface area (Å²) in [4.78, 5) is 20.2. The second kappa shape index (κ2) is 5.31.